The van der Waals surface area contributed by atoms with Crippen LogP contribution in [0, 0.1) is 5.92 Å². The van der Waals surface area contributed by atoms with E-state index in [1.54, 1.807) is 0 Å². The number of allylic oxidation sites excluding steroid dienone is 1. The second kappa shape index (κ2) is 4.55. The van der Waals surface area contributed by atoms with Crippen molar-refractivity contribution in [1.82, 2.24) is 4.90 Å². The first kappa shape index (κ1) is 8.79. The first-order valence-corrected chi connectivity index (χ1v) is 4.70. The fourth-order valence-electron chi connectivity index (χ4n) is 1.58. The summed E-state index contributed by atoms with van der Waals surface area (Å²) in [6, 6.07) is 0. The van der Waals surface area contributed by atoms with Crippen LogP contribution in [-0.2, 0) is 0 Å². The van der Waals surface area contributed by atoms with E-state index in [-0.39, 0.29) is 0 Å². The molecule has 1 aliphatic heterocycles. The third kappa shape index (κ3) is 3.06. The van der Waals surface area contributed by atoms with E-state index in [1.807, 2.05) is 0 Å². The highest BCUT2D eigenvalue weighted by atomic mass is 15.1. The Morgan fingerprint density at radius 3 is 2.82 bits per heavy atom. The highest BCUT2D eigenvalue weighted by Gasteiger charge is 2.16. The number of nitrogens with zero attached hydrogens (tertiary/aromatic N) is 1. The molecule has 1 fully saturated rings. The van der Waals surface area contributed by atoms with Crippen LogP contribution in [0.2, 0.25) is 0 Å². The summed E-state index contributed by atoms with van der Waals surface area (Å²) in [5.74, 6) is 0.921. The first-order chi connectivity index (χ1) is 5.33. The lowest BCUT2D eigenvalue weighted by Gasteiger charge is -2.11. The van der Waals surface area contributed by atoms with E-state index in [4.69, 9.17) is 0 Å². The van der Waals surface area contributed by atoms with Crippen LogP contribution in [-0.4, -0.2) is 24.5 Å². The van der Waals surface area contributed by atoms with E-state index >= 15 is 0 Å². The number of hydrogen-bond acceptors (Lipinski definition) is 1. The average Bonchev–Trinajstić information content (AvgIpc) is 2.37. The molecule has 0 saturated carbocycles. The van der Waals surface area contributed by atoms with E-state index in [1.165, 1.54) is 25.9 Å². The summed E-state index contributed by atoms with van der Waals surface area (Å²) >= 11 is 0. The van der Waals surface area contributed by atoms with Crippen LogP contribution in [0.15, 0.2) is 12.2 Å². The average molecular weight is 153 g/mol. The molecule has 0 spiro atoms. The largest absolute Gasteiger partial charge is 0.299 e. The summed E-state index contributed by atoms with van der Waals surface area (Å²) in [4.78, 5) is 2.52. The topological polar surface area (TPSA) is 3.24 Å². The van der Waals surface area contributed by atoms with Crippen molar-refractivity contribution in [3.05, 3.63) is 12.2 Å². The molecule has 0 aromatic heterocycles. The molecule has 0 aromatic rings. The molecule has 0 N–H and O–H groups in total. The Kier molecular flexibility index (Phi) is 3.64. The van der Waals surface area contributed by atoms with Crippen LogP contribution in [0.5, 0.6) is 0 Å². The Hall–Kier alpha value is -0.300. The van der Waals surface area contributed by atoms with Crippen LogP contribution in [0.1, 0.15) is 26.7 Å². The molecule has 11 heavy (non-hydrogen) atoms. The molecule has 0 bridgehead atoms. The zero-order valence-corrected chi connectivity index (χ0v) is 7.71. The van der Waals surface area contributed by atoms with Gasteiger partial charge in [-0.2, -0.15) is 0 Å². The van der Waals surface area contributed by atoms with Crippen molar-refractivity contribution in [2.45, 2.75) is 26.7 Å². The Morgan fingerprint density at radius 1 is 1.45 bits per heavy atom. The van der Waals surface area contributed by atoms with Gasteiger partial charge in [-0.1, -0.05) is 26.0 Å². The van der Waals surface area contributed by atoms with E-state index in [9.17, 15) is 0 Å². The summed E-state index contributed by atoms with van der Waals surface area (Å²) in [6.45, 7) is 8.29. The Morgan fingerprint density at radius 2 is 2.27 bits per heavy atom. The SMILES string of the molecule is CC/C=C/CN1CC[C@@H](C)C1. The second-order valence-electron chi connectivity index (χ2n) is 3.53. The molecular formula is C10H19N. The lowest BCUT2D eigenvalue weighted by molar-refractivity contribution is 0.363. The van der Waals surface area contributed by atoms with Gasteiger partial charge in [0.15, 0.2) is 0 Å². The molecule has 0 aromatic carbocycles. The highest BCUT2D eigenvalue weighted by Crippen LogP contribution is 2.14. The summed E-state index contributed by atoms with van der Waals surface area (Å²) in [6.07, 6.45) is 7.10. The van der Waals surface area contributed by atoms with Crippen LogP contribution < -0.4 is 0 Å². The van der Waals surface area contributed by atoms with Crippen molar-refractivity contribution >= 4 is 0 Å². The fraction of sp³-hybridized carbons (Fsp3) is 0.800. The third-order valence-electron chi connectivity index (χ3n) is 2.27. The lowest BCUT2D eigenvalue weighted by Crippen LogP contribution is -2.19. The van der Waals surface area contributed by atoms with Crippen molar-refractivity contribution in [2.75, 3.05) is 19.6 Å². The molecule has 0 amide bonds. The normalized spacial score (nSPS) is 26.9. The molecule has 0 unspecified atom stereocenters. The number of hydrogen-bond donors (Lipinski definition) is 0. The van der Waals surface area contributed by atoms with E-state index in [2.05, 4.69) is 30.9 Å². The van der Waals surface area contributed by atoms with Crippen LogP contribution in [0.4, 0.5) is 0 Å². The monoisotopic (exact) mass is 153 g/mol. The molecule has 1 rings (SSSR count). The zero-order valence-electron chi connectivity index (χ0n) is 7.71. The van der Waals surface area contributed by atoms with Gasteiger partial charge in [-0.05, 0) is 25.3 Å². The van der Waals surface area contributed by atoms with Gasteiger partial charge in [-0.15, -0.1) is 0 Å². The Labute approximate surface area is 70.1 Å². The van der Waals surface area contributed by atoms with Crippen molar-refractivity contribution in [1.29, 1.82) is 0 Å². The standard InChI is InChI=1S/C10H19N/c1-3-4-5-7-11-8-6-10(2)9-11/h4-5,10H,3,6-9H2,1-2H3/b5-4+/t10-/m1/s1. The molecule has 1 heterocycles. The van der Waals surface area contributed by atoms with Crippen LogP contribution >= 0.6 is 0 Å². The summed E-state index contributed by atoms with van der Waals surface area (Å²) in [5.41, 5.74) is 0. The molecule has 1 nitrogen and oxygen atoms in total. The zero-order chi connectivity index (χ0) is 8.10. The van der Waals surface area contributed by atoms with Crippen molar-refractivity contribution in [3.8, 4) is 0 Å². The maximum atomic E-state index is 2.52. The highest BCUT2D eigenvalue weighted by molar-refractivity contribution is 4.86. The van der Waals surface area contributed by atoms with E-state index in [0.717, 1.165) is 12.5 Å². The molecular weight excluding hydrogens is 134 g/mol. The van der Waals surface area contributed by atoms with Crippen molar-refractivity contribution in [3.63, 3.8) is 0 Å². The second-order valence-corrected chi connectivity index (χ2v) is 3.53. The number of likely N-dealkylation sites (tertiary alicyclic amines) is 1. The maximum absolute atomic E-state index is 2.52. The first-order valence-electron chi connectivity index (χ1n) is 4.70. The van der Waals surface area contributed by atoms with Crippen molar-refractivity contribution in [2.24, 2.45) is 5.92 Å². The molecule has 1 atom stereocenters. The predicted octanol–water partition coefficient (Wildman–Crippen LogP) is 2.29. The van der Waals surface area contributed by atoms with E-state index in [0.29, 0.717) is 0 Å². The Balaban J connectivity index is 2.13. The minimum atomic E-state index is 0.921. The van der Waals surface area contributed by atoms with Gasteiger partial charge in [0.2, 0.25) is 0 Å². The van der Waals surface area contributed by atoms with Gasteiger partial charge in [-0.3, -0.25) is 4.90 Å². The minimum Gasteiger partial charge on any atom is -0.299 e. The van der Waals surface area contributed by atoms with E-state index < -0.39 is 0 Å². The smallest absolute Gasteiger partial charge is 0.0163 e. The molecule has 1 heteroatoms. The van der Waals surface area contributed by atoms with Gasteiger partial charge in [0.25, 0.3) is 0 Å². The molecule has 1 saturated heterocycles. The summed E-state index contributed by atoms with van der Waals surface area (Å²) in [5, 5.41) is 0. The van der Waals surface area contributed by atoms with Crippen molar-refractivity contribution < 1.29 is 0 Å². The van der Waals surface area contributed by atoms with Gasteiger partial charge < -0.3 is 0 Å². The maximum Gasteiger partial charge on any atom is 0.0163 e. The third-order valence-corrected chi connectivity index (χ3v) is 2.27. The quantitative estimate of drug-likeness (QED) is 0.562. The summed E-state index contributed by atoms with van der Waals surface area (Å²) in [7, 11) is 0. The van der Waals surface area contributed by atoms with Crippen LogP contribution in [0.25, 0.3) is 0 Å². The fourth-order valence-corrected chi connectivity index (χ4v) is 1.58. The lowest BCUT2D eigenvalue weighted by atomic mass is 10.2. The predicted molar refractivity (Wildman–Crippen MR) is 49.7 cm³/mol. The molecule has 0 radical (unpaired) electrons. The van der Waals surface area contributed by atoms with Gasteiger partial charge in [0.1, 0.15) is 0 Å². The molecule has 1 aliphatic rings. The van der Waals surface area contributed by atoms with Gasteiger partial charge >= 0.3 is 0 Å². The van der Waals surface area contributed by atoms with Gasteiger partial charge in [-0.25, -0.2) is 0 Å². The summed E-state index contributed by atoms with van der Waals surface area (Å²) < 4.78 is 0. The van der Waals surface area contributed by atoms with Crippen LogP contribution in [0.3, 0.4) is 0 Å². The minimum absolute atomic E-state index is 0.921. The Bertz CT molecular complexity index is 129. The number of rotatable bonds is 3. The molecule has 0 aliphatic carbocycles. The molecule has 64 valence electrons. The van der Waals surface area contributed by atoms with Gasteiger partial charge in [0.05, 0.1) is 0 Å². The van der Waals surface area contributed by atoms with Gasteiger partial charge in [0, 0.05) is 13.1 Å².